The molecule has 4 nitrogen and oxygen atoms in total. The van der Waals surface area contributed by atoms with E-state index in [4.69, 9.17) is 4.74 Å². The molecule has 166 valence electrons. The van der Waals surface area contributed by atoms with Crippen molar-refractivity contribution in [1.29, 1.82) is 0 Å². The SMILES string of the molecule is O=C(NCc1ccc(CN2CCCC2)cc1)c1ccc(OCCSc2ccccc2)cc1. The third kappa shape index (κ3) is 6.87. The van der Waals surface area contributed by atoms with Gasteiger partial charge in [0.25, 0.3) is 5.91 Å². The molecule has 3 aromatic carbocycles. The van der Waals surface area contributed by atoms with Gasteiger partial charge in [-0.2, -0.15) is 0 Å². The van der Waals surface area contributed by atoms with Gasteiger partial charge >= 0.3 is 0 Å². The van der Waals surface area contributed by atoms with Crippen molar-refractivity contribution in [3.63, 3.8) is 0 Å². The highest BCUT2D eigenvalue weighted by Crippen LogP contribution is 2.18. The highest BCUT2D eigenvalue weighted by Gasteiger charge is 2.11. The van der Waals surface area contributed by atoms with Crippen LogP contribution >= 0.6 is 11.8 Å². The number of hydrogen-bond acceptors (Lipinski definition) is 4. The summed E-state index contributed by atoms with van der Waals surface area (Å²) >= 11 is 1.77. The summed E-state index contributed by atoms with van der Waals surface area (Å²) in [5, 5.41) is 3.00. The molecule has 32 heavy (non-hydrogen) atoms. The van der Waals surface area contributed by atoms with Crippen LogP contribution in [0.4, 0.5) is 0 Å². The van der Waals surface area contributed by atoms with Crippen LogP contribution in [0.25, 0.3) is 0 Å². The summed E-state index contributed by atoms with van der Waals surface area (Å²) in [6.07, 6.45) is 2.62. The van der Waals surface area contributed by atoms with Crippen molar-refractivity contribution < 1.29 is 9.53 Å². The molecule has 5 heteroatoms. The molecule has 0 spiro atoms. The molecular weight excluding hydrogens is 416 g/mol. The molecule has 1 aliphatic rings. The van der Waals surface area contributed by atoms with E-state index < -0.39 is 0 Å². The Bertz CT molecular complexity index is 969. The minimum Gasteiger partial charge on any atom is -0.493 e. The van der Waals surface area contributed by atoms with Crippen molar-refractivity contribution in [2.75, 3.05) is 25.4 Å². The lowest BCUT2D eigenvalue weighted by molar-refractivity contribution is 0.0951. The molecule has 0 aliphatic carbocycles. The quantitative estimate of drug-likeness (QED) is 0.335. The Kier molecular flexibility index (Phi) is 8.23. The Morgan fingerprint density at radius 2 is 1.56 bits per heavy atom. The van der Waals surface area contributed by atoms with E-state index in [0.29, 0.717) is 18.7 Å². The third-order valence-electron chi connectivity index (χ3n) is 5.56. The highest BCUT2D eigenvalue weighted by molar-refractivity contribution is 7.99. The average molecular weight is 447 g/mol. The van der Waals surface area contributed by atoms with Crippen LogP contribution in [0.2, 0.25) is 0 Å². The van der Waals surface area contributed by atoms with Gasteiger partial charge in [0.15, 0.2) is 0 Å². The number of hydrogen-bond donors (Lipinski definition) is 1. The van der Waals surface area contributed by atoms with Crippen LogP contribution < -0.4 is 10.1 Å². The Balaban J connectivity index is 1.18. The van der Waals surface area contributed by atoms with Crippen LogP contribution in [-0.4, -0.2) is 36.3 Å². The Labute approximate surface area is 195 Å². The summed E-state index contributed by atoms with van der Waals surface area (Å²) in [5.74, 6) is 1.59. The molecule has 3 aromatic rings. The smallest absolute Gasteiger partial charge is 0.251 e. The van der Waals surface area contributed by atoms with Crippen LogP contribution in [0.15, 0.2) is 83.8 Å². The summed E-state index contributed by atoms with van der Waals surface area (Å²) in [4.78, 5) is 16.2. The van der Waals surface area contributed by atoms with Gasteiger partial charge in [-0.1, -0.05) is 42.5 Å². The fourth-order valence-corrected chi connectivity index (χ4v) is 4.54. The van der Waals surface area contributed by atoms with Crippen molar-refractivity contribution in [3.8, 4) is 5.75 Å². The number of carbonyl (C=O) groups excluding carboxylic acids is 1. The largest absolute Gasteiger partial charge is 0.493 e. The molecule has 1 amide bonds. The molecular formula is C27H30N2O2S. The number of benzene rings is 3. The van der Waals surface area contributed by atoms with Gasteiger partial charge in [-0.05, 0) is 73.5 Å². The molecule has 0 aromatic heterocycles. The summed E-state index contributed by atoms with van der Waals surface area (Å²) in [6.45, 7) is 4.57. The number of nitrogens with one attached hydrogen (secondary N) is 1. The Morgan fingerprint density at radius 3 is 2.28 bits per heavy atom. The van der Waals surface area contributed by atoms with Crippen LogP contribution in [0.5, 0.6) is 5.75 Å². The number of rotatable bonds is 10. The molecule has 1 fully saturated rings. The van der Waals surface area contributed by atoms with Crippen molar-refractivity contribution in [2.45, 2.75) is 30.8 Å². The maximum absolute atomic E-state index is 12.5. The van der Waals surface area contributed by atoms with Crippen LogP contribution in [-0.2, 0) is 13.1 Å². The number of amides is 1. The normalized spacial score (nSPS) is 13.8. The van der Waals surface area contributed by atoms with Gasteiger partial charge in [0, 0.05) is 29.3 Å². The molecule has 0 unspecified atom stereocenters. The zero-order chi connectivity index (χ0) is 22.0. The summed E-state index contributed by atoms with van der Waals surface area (Å²) in [6, 6.07) is 26.2. The first kappa shape index (κ1) is 22.4. The third-order valence-corrected chi connectivity index (χ3v) is 6.54. The van der Waals surface area contributed by atoms with Crippen molar-refractivity contribution in [1.82, 2.24) is 10.2 Å². The number of likely N-dealkylation sites (tertiary alicyclic amines) is 1. The summed E-state index contributed by atoms with van der Waals surface area (Å²) in [7, 11) is 0. The van der Waals surface area contributed by atoms with Gasteiger partial charge in [-0.15, -0.1) is 11.8 Å². The van der Waals surface area contributed by atoms with E-state index in [1.807, 2.05) is 42.5 Å². The molecule has 0 bridgehead atoms. The van der Waals surface area contributed by atoms with Gasteiger partial charge in [-0.3, -0.25) is 9.69 Å². The highest BCUT2D eigenvalue weighted by atomic mass is 32.2. The summed E-state index contributed by atoms with van der Waals surface area (Å²) < 4.78 is 5.79. The fourth-order valence-electron chi connectivity index (χ4n) is 3.78. The standard InChI is InChI=1S/C27H30N2O2S/c30-27(28-20-22-8-10-23(11-9-22)21-29-16-4-5-17-29)24-12-14-25(15-13-24)31-18-19-32-26-6-2-1-3-7-26/h1-3,6-15H,4-5,16-21H2,(H,28,30). The molecule has 1 aliphatic heterocycles. The van der Waals surface area contributed by atoms with Crippen molar-refractivity contribution in [3.05, 3.63) is 95.6 Å². The predicted molar refractivity (Wildman–Crippen MR) is 131 cm³/mol. The van der Waals surface area contributed by atoms with E-state index in [-0.39, 0.29) is 5.91 Å². The Morgan fingerprint density at radius 1 is 0.875 bits per heavy atom. The molecule has 1 N–H and O–H groups in total. The average Bonchev–Trinajstić information content (AvgIpc) is 3.35. The monoisotopic (exact) mass is 446 g/mol. The van der Waals surface area contributed by atoms with Crippen molar-refractivity contribution >= 4 is 17.7 Å². The van der Waals surface area contributed by atoms with E-state index >= 15 is 0 Å². The zero-order valence-electron chi connectivity index (χ0n) is 18.3. The van der Waals surface area contributed by atoms with Gasteiger partial charge in [0.2, 0.25) is 0 Å². The van der Waals surface area contributed by atoms with E-state index in [1.54, 1.807) is 11.8 Å². The van der Waals surface area contributed by atoms with Crippen LogP contribution in [0, 0.1) is 0 Å². The first-order valence-corrected chi connectivity index (χ1v) is 12.2. The molecule has 0 radical (unpaired) electrons. The first-order valence-electron chi connectivity index (χ1n) is 11.3. The van der Waals surface area contributed by atoms with E-state index in [9.17, 15) is 4.79 Å². The van der Waals surface area contributed by atoms with E-state index in [0.717, 1.165) is 23.6 Å². The summed E-state index contributed by atoms with van der Waals surface area (Å²) in [5.41, 5.74) is 3.08. The second-order valence-electron chi connectivity index (χ2n) is 8.02. The van der Waals surface area contributed by atoms with E-state index in [2.05, 4.69) is 46.6 Å². The fraction of sp³-hybridized carbons (Fsp3) is 0.296. The lowest BCUT2D eigenvalue weighted by Crippen LogP contribution is -2.22. The molecule has 4 rings (SSSR count). The van der Waals surface area contributed by atoms with E-state index in [1.165, 1.54) is 36.4 Å². The van der Waals surface area contributed by atoms with Crippen LogP contribution in [0.3, 0.4) is 0 Å². The lowest BCUT2D eigenvalue weighted by atomic mass is 10.1. The number of carbonyl (C=O) groups is 1. The second-order valence-corrected chi connectivity index (χ2v) is 9.19. The van der Waals surface area contributed by atoms with Crippen molar-refractivity contribution in [2.24, 2.45) is 0 Å². The second kappa shape index (κ2) is 11.7. The van der Waals surface area contributed by atoms with Gasteiger partial charge < -0.3 is 10.1 Å². The topological polar surface area (TPSA) is 41.6 Å². The number of nitrogens with zero attached hydrogens (tertiary/aromatic N) is 1. The van der Waals surface area contributed by atoms with Crippen LogP contribution in [0.1, 0.15) is 34.3 Å². The van der Waals surface area contributed by atoms with Gasteiger partial charge in [0.1, 0.15) is 5.75 Å². The first-order chi connectivity index (χ1) is 15.8. The molecule has 0 saturated carbocycles. The maximum atomic E-state index is 12.5. The lowest BCUT2D eigenvalue weighted by Gasteiger charge is -2.14. The molecule has 1 saturated heterocycles. The minimum absolute atomic E-state index is 0.0719. The number of ether oxygens (including phenoxy) is 1. The van der Waals surface area contributed by atoms with Gasteiger partial charge in [0.05, 0.1) is 6.61 Å². The molecule has 1 heterocycles. The number of thioether (sulfide) groups is 1. The van der Waals surface area contributed by atoms with Gasteiger partial charge in [-0.25, -0.2) is 0 Å². The minimum atomic E-state index is -0.0719. The predicted octanol–water partition coefficient (Wildman–Crippen LogP) is 5.38. The Hall–Kier alpha value is -2.76. The maximum Gasteiger partial charge on any atom is 0.251 e. The molecule has 0 atom stereocenters. The zero-order valence-corrected chi connectivity index (χ0v) is 19.2.